The number of rotatable bonds is 7. The fraction of sp³-hybridized carbons (Fsp3) is 0.0556. The van der Waals surface area contributed by atoms with E-state index in [9.17, 15) is 13.2 Å². The van der Waals surface area contributed by atoms with E-state index in [1.165, 1.54) is 12.3 Å². The molecule has 3 aromatic rings. The number of hydrogen-bond donors (Lipinski definition) is 2. The molecule has 2 aromatic carbocycles. The fourth-order valence-electron chi connectivity index (χ4n) is 2.30. The van der Waals surface area contributed by atoms with Crippen LogP contribution in [0.1, 0.15) is 11.3 Å². The molecule has 0 aliphatic rings. The number of benzene rings is 2. The van der Waals surface area contributed by atoms with Crippen molar-refractivity contribution in [3.8, 4) is 11.5 Å². The van der Waals surface area contributed by atoms with Gasteiger partial charge in [-0.25, -0.2) is 13.6 Å². The average Bonchev–Trinajstić information content (AvgIpc) is 3.13. The van der Waals surface area contributed by atoms with Gasteiger partial charge >= 0.3 is 0 Å². The van der Waals surface area contributed by atoms with E-state index in [-0.39, 0.29) is 16.2 Å². The van der Waals surface area contributed by atoms with Crippen LogP contribution >= 0.6 is 0 Å². The molecule has 0 bridgehead atoms. The molecule has 0 spiro atoms. The van der Waals surface area contributed by atoms with Crippen LogP contribution in [0.25, 0.3) is 0 Å². The molecule has 1 radical (unpaired) electrons. The lowest BCUT2D eigenvalue weighted by Crippen LogP contribution is -2.14. The standard InChI is InChI=1S/C18H15N2O5S/c19-26(22,23)18-9-13(12-21)16(20-11-15-7-4-8-24-15)10-17(18)25-14-5-2-1-3-6-14/h1-10,20H,11H2,(H2,19,22,23). The molecule has 8 heteroatoms. The highest BCUT2D eigenvalue weighted by atomic mass is 32.2. The summed E-state index contributed by atoms with van der Waals surface area (Å²) in [5, 5.41) is 8.26. The molecule has 26 heavy (non-hydrogen) atoms. The molecule has 0 saturated heterocycles. The SMILES string of the molecule is NS(=O)(=O)c1cc([C]=O)c(NCc2ccco2)cc1Oc1ccccc1. The summed E-state index contributed by atoms with van der Waals surface area (Å²) in [6.45, 7) is 0.293. The van der Waals surface area contributed by atoms with Gasteiger partial charge in [0.25, 0.3) is 0 Å². The average molecular weight is 371 g/mol. The number of nitrogens with one attached hydrogen (secondary N) is 1. The quantitative estimate of drug-likeness (QED) is 0.660. The molecule has 1 heterocycles. The van der Waals surface area contributed by atoms with Gasteiger partial charge in [-0.15, -0.1) is 0 Å². The summed E-state index contributed by atoms with van der Waals surface area (Å²) >= 11 is 0. The summed E-state index contributed by atoms with van der Waals surface area (Å²) in [7, 11) is -4.11. The largest absolute Gasteiger partial charge is 0.467 e. The Balaban J connectivity index is 2.01. The Hall–Kier alpha value is -3.10. The first-order valence-corrected chi connectivity index (χ1v) is 9.10. The first-order chi connectivity index (χ1) is 12.5. The van der Waals surface area contributed by atoms with Crippen LogP contribution in [-0.2, 0) is 21.4 Å². The van der Waals surface area contributed by atoms with E-state index in [4.69, 9.17) is 14.3 Å². The lowest BCUT2D eigenvalue weighted by molar-refractivity contribution is 0.467. The topological polar surface area (TPSA) is 112 Å². The van der Waals surface area contributed by atoms with Crippen LogP contribution in [0.15, 0.2) is 70.2 Å². The van der Waals surface area contributed by atoms with E-state index >= 15 is 0 Å². The summed E-state index contributed by atoms with van der Waals surface area (Å²) < 4.78 is 34.7. The molecule has 0 amide bonds. The van der Waals surface area contributed by atoms with Crippen LogP contribution in [0.4, 0.5) is 5.69 Å². The predicted octanol–water partition coefficient (Wildman–Crippen LogP) is 2.79. The number of hydrogen-bond acceptors (Lipinski definition) is 6. The fourth-order valence-corrected chi connectivity index (χ4v) is 2.97. The van der Waals surface area contributed by atoms with Crippen molar-refractivity contribution in [3.05, 3.63) is 72.2 Å². The Morgan fingerprint density at radius 2 is 1.88 bits per heavy atom. The maximum atomic E-state index is 11.9. The third-order valence-electron chi connectivity index (χ3n) is 3.50. The van der Waals surface area contributed by atoms with Crippen molar-refractivity contribution in [3.63, 3.8) is 0 Å². The minimum atomic E-state index is -4.11. The van der Waals surface area contributed by atoms with Crippen molar-refractivity contribution in [1.82, 2.24) is 0 Å². The first kappa shape index (κ1) is 17.7. The Bertz CT molecular complexity index is 1000. The Morgan fingerprint density at radius 1 is 1.12 bits per heavy atom. The van der Waals surface area contributed by atoms with Crippen molar-refractivity contribution >= 4 is 22.0 Å². The van der Waals surface area contributed by atoms with Crippen LogP contribution in [0, 0.1) is 0 Å². The van der Waals surface area contributed by atoms with E-state index in [1.807, 2.05) is 0 Å². The molecular weight excluding hydrogens is 356 g/mol. The molecule has 133 valence electrons. The molecule has 0 aliphatic heterocycles. The van der Waals surface area contributed by atoms with Crippen LogP contribution in [-0.4, -0.2) is 14.7 Å². The third-order valence-corrected chi connectivity index (χ3v) is 4.44. The number of carbonyl (C=O) groups excluding carboxylic acids is 1. The minimum Gasteiger partial charge on any atom is -0.467 e. The molecule has 0 unspecified atom stereocenters. The van der Waals surface area contributed by atoms with Crippen molar-refractivity contribution < 1.29 is 22.4 Å². The molecule has 1 aromatic heterocycles. The van der Waals surface area contributed by atoms with Crippen LogP contribution in [0.2, 0.25) is 0 Å². The van der Waals surface area contributed by atoms with Crippen molar-refractivity contribution in [2.75, 3.05) is 5.32 Å². The summed E-state index contributed by atoms with van der Waals surface area (Å²) in [6, 6.07) is 14.7. The lowest BCUT2D eigenvalue weighted by atomic mass is 10.1. The van der Waals surface area contributed by atoms with Gasteiger partial charge in [-0.2, -0.15) is 0 Å². The number of nitrogens with two attached hydrogens (primary N) is 1. The first-order valence-electron chi connectivity index (χ1n) is 7.55. The Labute approximate surface area is 150 Å². The van der Waals surface area contributed by atoms with E-state index in [1.54, 1.807) is 48.8 Å². The normalized spacial score (nSPS) is 11.1. The van der Waals surface area contributed by atoms with E-state index in [0.29, 0.717) is 23.7 Å². The van der Waals surface area contributed by atoms with Gasteiger partial charge in [0.05, 0.1) is 18.4 Å². The van der Waals surface area contributed by atoms with Gasteiger partial charge in [-0.1, -0.05) is 18.2 Å². The van der Waals surface area contributed by atoms with Crippen LogP contribution in [0.3, 0.4) is 0 Å². The Kier molecular flexibility index (Phi) is 5.06. The van der Waals surface area contributed by atoms with Gasteiger partial charge in [-0.05, 0) is 30.3 Å². The highest BCUT2D eigenvalue weighted by Gasteiger charge is 2.20. The van der Waals surface area contributed by atoms with Gasteiger partial charge in [0.2, 0.25) is 16.3 Å². The zero-order valence-corrected chi connectivity index (χ0v) is 14.3. The maximum Gasteiger partial charge on any atom is 0.241 e. The maximum absolute atomic E-state index is 11.9. The zero-order chi connectivity index (χ0) is 18.6. The van der Waals surface area contributed by atoms with Crippen molar-refractivity contribution in [1.29, 1.82) is 0 Å². The van der Waals surface area contributed by atoms with Gasteiger partial charge in [-0.3, -0.25) is 4.79 Å². The summed E-state index contributed by atoms with van der Waals surface area (Å²) in [5.74, 6) is 1.07. The number of sulfonamides is 1. The van der Waals surface area contributed by atoms with Gasteiger partial charge < -0.3 is 14.5 Å². The van der Waals surface area contributed by atoms with Crippen LogP contribution in [0.5, 0.6) is 11.5 Å². The second-order valence-electron chi connectivity index (χ2n) is 5.34. The number of primary sulfonamides is 1. The molecule has 0 aliphatic carbocycles. The second-order valence-corrected chi connectivity index (χ2v) is 6.87. The van der Waals surface area contributed by atoms with Crippen molar-refractivity contribution in [2.45, 2.75) is 11.4 Å². The Morgan fingerprint density at radius 3 is 2.50 bits per heavy atom. The second kappa shape index (κ2) is 7.42. The molecule has 3 rings (SSSR count). The van der Waals surface area contributed by atoms with E-state index < -0.39 is 10.0 Å². The third kappa shape index (κ3) is 4.11. The highest BCUT2D eigenvalue weighted by molar-refractivity contribution is 7.89. The van der Waals surface area contributed by atoms with E-state index in [0.717, 1.165) is 6.07 Å². The zero-order valence-electron chi connectivity index (χ0n) is 13.5. The molecule has 0 saturated carbocycles. The number of anilines is 1. The van der Waals surface area contributed by atoms with Gasteiger partial charge in [0.15, 0.2) is 0 Å². The molecular formula is C18H15N2O5S. The molecule has 0 fully saturated rings. The highest BCUT2D eigenvalue weighted by Crippen LogP contribution is 2.33. The molecule has 0 atom stereocenters. The smallest absolute Gasteiger partial charge is 0.241 e. The summed E-state index contributed by atoms with van der Waals surface area (Å²) in [5.41, 5.74) is 0.357. The predicted molar refractivity (Wildman–Crippen MR) is 95.2 cm³/mol. The summed E-state index contributed by atoms with van der Waals surface area (Å²) in [4.78, 5) is 11.0. The summed E-state index contributed by atoms with van der Waals surface area (Å²) in [6.07, 6.45) is 3.24. The lowest BCUT2D eigenvalue weighted by Gasteiger charge is -2.14. The molecule has 7 nitrogen and oxygen atoms in total. The number of furan rings is 1. The monoisotopic (exact) mass is 371 g/mol. The van der Waals surface area contributed by atoms with Gasteiger partial charge in [0, 0.05) is 11.8 Å². The van der Waals surface area contributed by atoms with Crippen LogP contribution < -0.4 is 15.2 Å². The van der Waals surface area contributed by atoms with Crippen molar-refractivity contribution in [2.24, 2.45) is 5.14 Å². The molecule has 3 N–H and O–H groups in total. The van der Waals surface area contributed by atoms with E-state index in [2.05, 4.69) is 5.32 Å². The van der Waals surface area contributed by atoms with Gasteiger partial charge in [0.1, 0.15) is 22.2 Å². The number of para-hydroxylation sites is 1. The number of ether oxygens (including phenoxy) is 1. The minimum absolute atomic E-state index is 0.000329.